The number of benzene rings is 2. The molecule has 0 radical (unpaired) electrons. The summed E-state index contributed by atoms with van der Waals surface area (Å²) in [5, 5.41) is 9.77. The molecule has 0 aliphatic heterocycles. The van der Waals surface area contributed by atoms with Gasteiger partial charge in [0.05, 0.1) is 17.3 Å². The smallest absolute Gasteiger partial charge is 0.223 e. The molecule has 28 heavy (non-hydrogen) atoms. The third-order valence-corrected chi connectivity index (χ3v) is 4.89. The molecule has 0 bridgehead atoms. The van der Waals surface area contributed by atoms with Gasteiger partial charge >= 0.3 is 0 Å². The number of nitrogens with zero attached hydrogens (tertiary/aromatic N) is 3. The second-order valence-corrected chi connectivity index (χ2v) is 8.16. The zero-order valence-corrected chi connectivity index (χ0v) is 16.8. The Morgan fingerprint density at radius 2 is 1.79 bits per heavy atom. The molecule has 0 saturated carbocycles. The summed E-state index contributed by atoms with van der Waals surface area (Å²) in [6.45, 7) is 6.13. The lowest BCUT2D eigenvalue weighted by Crippen LogP contribution is -2.14. The Labute approximate surface area is 168 Å². The largest absolute Gasteiger partial charge is 0.436 e. The van der Waals surface area contributed by atoms with Gasteiger partial charge < -0.3 is 4.74 Å². The highest BCUT2D eigenvalue weighted by Gasteiger charge is 2.19. The van der Waals surface area contributed by atoms with Crippen LogP contribution in [0.1, 0.15) is 37.6 Å². The predicted molar refractivity (Wildman–Crippen MR) is 108 cm³/mol. The fraction of sp³-hybridized carbons (Fsp3) is 0.227. The highest BCUT2D eigenvalue weighted by molar-refractivity contribution is 7.98. The van der Waals surface area contributed by atoms with Crippen molar-refractivity contribution in [3.05, 3.63) is 77.2 Å². The van der Waals surface area contributed by atoms with Gasteiger partial charge in [-0.15, -0.1) is 0 Å². The molecule has 1 heterocycles. The lowest BCUT2D eigenvalue weighted by molar-refractivity contribution is 0.417. The van der Waals surface area contributed by atoms with E-state index >= 15 is 0 Å². The van der Waals surface area contributed by atoms with Gasteiger partial charge in [-0.1, -0.05) is 62.9 Å². The van der Waals surface area contributed by atoms with Crippen molar-refractivity contribution in [1.29, 1.82) is 5.26 Å². The second kappa shape index (κ2) is 8.41. The Morgan fingerprint density at radius 3 is 2.50 bits per heavy atom. The summed E-state index contributed by atoms with van der Waals surface area (Å²) in [4.78, 5) is 9.07. The molecule has 2 aromatic carbocycles. The Hall–Kier alpha value is -2.91. The van der Waals surface area contributed by atoms with E-state index in [2.05, 4.69) is 16.0 Å². The summed E-state index contributed by atoms with van der Waals surface area (Å²) in [6, 6.07) is 17.6. The maximum Gasteiger partial charge on any atom is 0.223 e. The molecule has 0 N–H and O–H groups in total. The number of aromatic nitrogens is 2. The molecule has 0 saturated heterocycles. The summed E-state index contributed by atoms with van der Waals surface area (Å²) in [5.41, 5.74) is 2.11. The Kier molecular flexibility index (Phi) is 5.96. The zero-order chi connectivity index (χ0) is 20.1. The average molecular weight is 393 g/mol. The van der Waals surface area contributed by atoms with Gasteiger partial charge in [-0.2, -0.15) is 10.2 Å². The minimum absolute atomic E-state index is 0.117. The average Bonchev–Trinajstić information content (AvgIpc) is 2.67. The molecular weight excluding hydrogens is 373 g/mol. The van der Waals surface area contributed by atoms with Gasteiger partial charge in [-0.3, -0.25) is 0 Å². The molecule has 0 unspecified atom stereocenters. The summed E-state index contributed by atoms with van der Waals surface area (Å²) in [5.74, 6) is 0.514. The van der Waals surface area contributed by atoms with Crippen LogP contribution >= 0.6 is 11.8 Å². The summed E-state index contributed by atoms with van der Waals surface area (Å²) in [6.07, 6.45) is 0. The van der Waals surface area contributed by atoms with Crippen molar-refractivity contribution < 1.29 is 9.13 Å². The van der Waals surface area contributed by atoms with E-state index in [1.165, 1.54) is 17.8 Å². The van der Waals surface area contributed by atoms with E-state index in [1.807, 2.05) is 39.0 Å². The molecule has 3 aromatic rings. The van der Waals surface area contributed by atoms with Gasteiger partial charge in [-0.05, 0) is 23.8 Å². The first-order chi connectivity index (χ1) is 13.4. The molecule has 3 rings (SSSR count). The Bertz CT molecular complexity index is 1020. The standard InChI is InChI=1S/C22H20FN3OS/c1-22(2,3)19-12-20(27-18-11-7-6-10-17(18)23)26-21(25-19)28-14-16-9-5-4-8-15(16)13-24/h4-12H,14H2,1-3H3. The van der Waals surface area contributed by atoms with Gasteiger partial charge in [0, 0.05) is 17.2 Å². The number of rotatable bonds is 5. The van der Waals surface area contributed by atoms with E-state index in [1.54, 1.807) is 30.3 Å². The fourth-order valence-electron chi connectivity index (χ4n) is 2.44. The van der Waals surface area contributed by atoms with Gasteiger partial charge in [0.1, 0.15) is 0 Å². The van der Waals surface area contributed by atoms with Crippen molar-refractivity contribution in [3.8, 4) is 17.7 Å². The van der Waals surface area contributed by atoms with Crippen molar-refractivity contribution in [2.75, 3.05) is 0 Å². The summed E-state index contributed by atoms with van der Waals surface area (Å²) < 4.78 is 19.6. The molecule has 0 aliphatic rings. The van der Waals surface area contributed by atoms with Gasteiger partial charge in [0.2, 0.25) is 5.88 Å². The van der Waals surface area contributed by atoms with Crippen LogP contribution in [0, 0.1) is 17.1 Å². The monoisotopic (exact) mass is 393 g/mol. The molecule has 6 heteroatoms. The van der Waals surface area contributed by atoms with Gasteiger partial charge in [0.25, 0.3) is 0 Å². The topological polar surface area (TPSA) is 58.8 Å². The van der Waals surface area contributed by atoms with Crippen molar-refractivity contribution in [1.82, 2.24) is 9.97 Å². The molecule has 142 valence electrons. The maximum atomic E-state index is 14.0. The van der Waals surface area contributed by atoms with Crippen LogP contribution in [-0.2, 0) is 11.2 Å². The molecule has 0 spiro atoms. The SMILES string of the molecule is CC(C)(C)c1cc(Oc2ccccc2F)nc(SCc2ccccc2C#N)n1. The van der Waals surface area contributed by atoms with Crippen LogP contribution in [0.25, 0.3) is 0 Å². The zero-order valence-electron chi connectivity index (χ0n) is 15.9. The van der Waals surface area contributed by atoms with Crippen molar-refractivity contribution in [2.24, 2.45) is 0 Å². The van der Waals surface area contributed by atoms with E-state index in [0.717, 1.165) is 11.3 Å². The van der Waals surface area contributed by atoms with Crippen LogP contribution in [0.15, 0.2) is 59.8 Å². The van der Waals surface area contributed by atoms with Crippen LogP contribution < -0.4 is 4.74 Å². The highest BCUT2D eigenvalue weighted by atomic mass is 32.2. The first-order valence-electron chi connectivity index (χ1n) is 8.79. The lowest BCUT2D eigenvalue weighted by atomic mass is 9.92. The van der Waals surface area contributed by atoms with Crippen LogP contribution in [0.4, 0.5) is 4.39 Å². The van der Waals surface area contributed by atoms with E-state index in [4.69, 9.17) is 4.74 Å². The third kappa shape index (κ3) is 4.87. The van der Waals surface area contributed by atoms with Gasteiger partial charge in [0.15, 0.2) is 16.7 Å². The maximum absolute atomic E-state index is 14.0. The molecular formula is C22H20FN3OS. The molecule has 0 fully saturated rings. The molecule has 1 aromatic heterocycles. The minimum atomic E-state index is -0.449. The highest BCUT2D eigenvalue weighted by Crippen LogP contribution is 2.31. The summed E-state index contributed by atoms with van der Waals surface area (Å²) in [7, 11) is 0. The first-order valence-corrected chi connectivity index (χ1v) is 9.78. The number of hydrogen-bond acceptors (Lipinski definition) is 5. The number of nitriles is 1. The molecule has 0 aliphatic carbocycles. The number of ether oxygens (including phenoxy) is 1. The fourth-order valence-corrected chi connectivity index (χ4v) is 3.30. The van der Waals surface area contributed by atoms with E-state index in [9.17, 15) is 9.65 Å². The first kappa shape index (κ1) is 19.8. The molecule has 0 amide bonds. The lowest BCUT2D eigenvalue weighted by Gasteiger charge is -2.19. The van der Waals surface area contributed by atoms with Crippen molar-refractivity contribution in [3.63, 3.8) is 0 Å². The molecule has 0 atom stereocenters. The minimum Gasteiger partial charge on any atom is -0.436 e. The summed E-state index contributed by atoms with van der Waals surface area (Å²) >= 11 is 1.42. The van der Waals surface area contributed by atoms with Crippen LogP contribution in [0.2, 0.25) is 0 Å². The van der Waals surface area contributed by atoms with Crippen LogP contribution in [0.5, 0.6) is 11.6 Å². The normalized spacial score (nSPS) is 11.1. The van der Waals surface area contributed by atoms with E-state index in [0.29, 0.717) is 22.4 Å². The van der Waals surface area contributed by atoms with Crippen molar-refractivity contribution >= 4 is 11.8 Å². The number of halogens is 1. The quantitative estimate of drug-likeness (QED) is 0.401. The van der Waals surface area contributed by atoms with E-state index in [-0.39, 0.29) is 11.2 Å². The van der Waals surface area contributed by atoms with Crippen LogP contribution in [-0.4, -0.2) is 9.97 Å². The Morgan fingerprint density at radius 1 is 1.07 bits per heavy atom. The molecule has 4 nitrogen and oxygen atoms in total. The number of para-hydroxylation sites is 1. The van der Waals surface area contributed by atoms with E-state index < -0.39 is 5.82 Å². The number of thioether (sulfide) groups is 1. The van der Waals surface area contributed by atoms with Crippen LogP contribution in [0.3, 0.4) is 0 Å². The second-order valence-electron chi connectivity index (χ2n) is 7.21. The number of hydrogen-bond donors (Lipinski definition) is 0. The third-order valence-electron chi connectivity index (χ3n) is 4.00. The van der Waals surface area contributed by atoms with Crippen molar-refractivity contribution in [2.45, 2.75) is 37.1 Å². The Balaban J connectivity index is 1.90. The predicted octanol–water partition coefficient (Wildman–Crippen LogP) is 5.87. The van der Waals surface area contributed by atoms with Gasteiger partial charge in [-0.25, -0.2) is 9.37 Å².